The van der Waals surface area contributed by atoms with E-state index in [0.29, 0.717) is 0 Å². The molecule has 0 bridgehead atoms. The molecule has 0 aliphatic rings. The summed E-state index contributed by atoms with van der Waals surface area (Å²) < 4.78 is 0. The van der Waals surface area contributed by atoms with Crippen molar-refractivity contribution in [2.75, 3.05) is 0 Å². The Morgan fingerprint density at radius 3 is 2.86 bits per heavy atom. The molecule has 2 radical (unpaired) electrons. The van der Waals surface area contributed by atoms with Gasteiger partial charge >= 0.3 is 93.2 Å². The second-order valence-electron chi connectivity index (χ2n) is 3.54. The van der Waals surface area contributed by atoms with Crippen molar-refractivity contribution in [1.82, 2.24) is 4.98 Å². The minimum atomic E-state index is 1.20. The molecule has 0 spiro atoms. The molecule has 1 aromatic heterocycles. The number of aromatic nitrogens is 1. The van der Waals surface area contributed by atoms with Gasteiger partial charge in [0.05, 0.1) is 0 Å². The van der Waals surface area contributed by atoms with Gasteiger partial charge in [-0.25, -0.2) is 0 Å². The molecule has 0 atom stereocenters. The van der Waals surface area contributed by atoms with Crippen LogP contribution in [-0.4, -0.2) is 21.8 Å². The van der Waals surface area contributed by atoms with Gasteiger partial charge in [-0.3, -0.25) is 0 Å². The number of aryl methyl sites for hydroxylation is 1. The van der Waals surface area contributed by atoms with Gasteiger partial charge in [-0.2, -0.15) is 0 Å². The standard InChI is InChI=1S/C12H14AsN/c13-8-4-3-5-10-9-14-12-7-2-1-6-11(10)12/h1-2,6-7,9,14H,3-5,8H2. The zero-order chi connectivity index (χ0) is 9.80. The molecule has 2 rings (SSSR count). The Hall–Kier alpha value is -0.682. The van der Waals surface area contributed by atoms with Crippen LogP contribution in [0.25, 0.3) is 10.9 Å². The zero-order valence-electron chi connectivity index (χ0n) is 8.16. The van der Waals surface area contributed by atoms with E-state index in [1.807, 2.05) is 0 Å². The van der Waals surface area contributed by atoms with E-state index in [1.165, 1.54) is 40.9 Å². The fraction of sp³-hybridized carbons (Fsp3) is 0.333. The first-order valence-corrected chi connectivity index (χ1v) is 6.40. The van der Waals surface area contributed by atoms with Gasteiger partial charge in [0.1, 0.15) is 0 Å². The molecule has 14 heavy (non-hydrogen) atoms. The van der Waals surface area contributed by atoms with Crippen LogP contribution < -0.4 is 0 Å². The number of aromatic amines is 1. The minimum absolute atomic E-state index is 1.20. The Kier molecular flexibility index (Phi) is 3.31. The average Bonchev–Trinajstić information content (AvgIpc) is 2.63. The molecule has 0 aliphatic carbocycles. The first-order chi connectivity index (χ1) is 6.92. The van der Waals surface area contributed by atoms with Crippen molar-refractivity contribution >= 4 is 27.8 Å². The summed E-state index contributed by atoms with van der Waals surface area (Å²) in [5.74, 6) is 0. The van der Waals surface area contributed by atoms with Gasteiger partial charge in [0.2, 0.25) is 0 Å². The monoisotopic (exact) mass is 247 g/mol. The first-order valence-electron chi connectivity index (χ1n) is 5.07. The van der Waals surface area contributed by atoms with Crippen molar-refractivity contribution < 1.29 is 0 Å². The molecule has 72 valence electrons. The fourth-order valence-corrected chi connectivity index (χ4v) is 2.23. The summed E-state index contributed by atoms with van der Waals surface area (Å²) >= 11 is 2.65. The van der Waals surface area contributed by atoms with Gasteiger partial charge in [-0.05, 0) is 0 Å². The van der Waals surface area contributed by atoms with Crippen molar-refractivity contribution in [2.45, 2.75) is 24.5 Å². The first kappa shape index (κ1) is 9.86. The van der Waals surface area contributed by atoms with E-state index in [1.54, 1.807) is 0 Å². The number of hydrogen-bond acceptors (Lipinski definition) is 0. The molecule has 1 N–H and O–H groups in total. The van der Waals surface area contributed by atoms with E-state index in [9.17, 15) is 0 Å². The number of benzene rings is 1. The predicted octanol–water partition coefficient (Wildman–Crippen LogP) is 3.08. The van der Waals surface area contributed by atoms with Crippen molar-refractivity contribution in [1.29, 1.82) is 0 Å². The van der Waals surface area contributed by atoms with E-state index < -0.39 is 0 Å². The van der Waals surface area contributed by atoms with Crippen molar-refractivity contribution in [2.24, 2.45) is 0 Å². The Labute approximate surface area is 93.4 Å². The fourth-order valence-electron chi connectivity index (χ4n) is 1.77. The molecular weight excluding hydrogens is 233 g/mol. The molecule has 0 saturated carbocycles. The maximum atomic E-state index is 3.31. The van der Waals surface area contributed by atoms with Gasteiger partial charge in [0.25, 0.3) is 0 Å². The third kappa shape index (κ3) is 2.04. The average molecular weight is 247 g/mol. The van der Waals surface area contributed by atoms with E-state index in [0.717, 1.165) is 0 Å². The summed E-state index contributed by atoms with van der Waals surface area (Å²) in [6, 6.07) is 8.52. The Bertz CT molecular complexity index is 405. The van der Waals surface area contributed by atoms with E-state index in [2.05, 4.69) is 52.3 Å². The van der Waals surface area contributed by atoms with Gasteiger partial charge in [0, 0.05) is 0 Å². The zero-order valence-corrected chi connectivity index (χ0v) is 10.0. The summed E-state index contributed by atoms with van der Waals surface area (Å²) in [6.07, 6.45) is 5.94. The summed E-state index contributed by atoms with van der Waals surface area (Å²) in [4.78, 5) is 3.31. The van der Waals surface area contributed by atoms with E-state index >= 15 is 0 Å². The van der Waals surface area contributed by atoms with Crippen LogP contribution in [0.3, 0.4) is 0 Å². The number of unbranched alkanes of at least 4 members (excludes halogenated alkanes) is 1. The molecule has 2 heteroatoms. The molecule has 0 aliphatic heterocycles. The second-order valence-corrected chi connectivity index (χ2v) is 4.48. The number of fused-ring (bicyclic) bond motifs is 1. The third-order valence-corrected chi connectivity index (χ3v) is 3.19. The predicted molar refractivity (Wildman–Crippen MR) is 61.8 cm³/mol. The number of nitrogens with one attached hydrogen (secondary N) is 1. The summed E-state index contributed by atoms with van der Waals surface area (Å²) in [5.41, 5.74) is 2.72. The molecule has 1 heterocycles. The van der Waals surface area contributed by atoms with Gasteiger partial charge < -0.3 is 0 Å². The van der Waals surface area contributed by atoms with Crippen LogP contribution in [-0.2, 0) is 6.42 Å². The van der Waals surface area contributed by atoms with Crippen molar-refractivity contribution in [3.63, 3.8) is 0 Å². The van der Waals surface area contributed by atoms with Crippen LogP contribution >= 0.6 is 0 Å². The molecule has 0 saturated heterocycles. The number of para-hydroxylation sites is 1. The van der Waals surface area contributed by atoms with Gasteiger partial charge in [0.15, 0.2) is 0 Å². The van der Waals surface area contributed by atoms with Gasteiger partial charge in [-0.15, -0.1) is 0 Å². The Morgan fingerprint density at radius 2 is 2.00 bits per heavy atom. The van der Waals surface area contributed by atoms with Crippen LogP contribution in [0, 0.1) is 0 Å². The van der Waals surface area contributed by atoms with Crippen LogP contribution in [0.5, 0.6) is 0 Å². The number of H-pyrrole nitrogens is 1. The molecule has 0 amide bonds. The van der Waals surface area contributed by atoms with Crippen molar-refractivity contribution in [3.8, 4) is 0 Å². The Morgan fingerprint density at radius 1 is 1.14 bits per heavy atom. The molecule has 0 fully saturated rings. The van der Waals surface area contributed by atoms with Gasteiger partial charge in [-0.1, -0.05) is 0 Å². The number of hydrogen-bond donors (Lipinski definition) is 1. The van der Waals surface area contributed by atoms with Crippen LogP contribution in [0.15, 0.2) is 30.5 Å². The molecule has 1 aromatic carbocycles. The normalized spacial score (nSPS) is 10.9. The molecule has 1 nitrogen and oxygen atoms in total. The second kappa shape index (κ2) is 4.70. The quantitative estimate of drug-likeness (QED) is 0.631. The number of rotatable bonds is 4. The van der Waals surface area contributed by atoms with Crippen molar-refractivity contribution in [3.05, 3.63) is 36.0 Å². The summed E-state index contributed by atoms with van der Waals surface area (Å²) in [5, 5.41) is 2.62. The van der Waals surface area contributed by atoms with Crippen LogP contribution in [0.1, 0.15) is 18.4 Å². The van der Waals surface area contributed by atoms with E-state index in [4.69, 9.17) is 0 Å². The van der Waals surface area contributed by atoms with E-state index in [-0.39, 0.29) is 0 Å². The molecule has 2 aromatic rings. The third-order valence-electron chi connectivity index (χ3n) is 2.53. The van der Waals surface area contributed by atoms with Crippen LogP contribution in [0.4, 0.5) is 0 Å². The topological polar surface area (TPSA) is 15.8 Å². The van der Waals surface area contributed by atoms with Crippen LogP contribution in [0.2, 0.25) is 5.21 Å². The Balaban J connectivity index is 2.17. The molecular formula is C12H14AsN. The SMILES string of the molecule is [As]CCCCc1c[nH]c2ccccc12. The summed E-state index contributed by atoms with van der Waals surface area (Å²) in [6.45, 7) is 0. The summed E-state index contributed by atoms with van der Waals surface area (Å²) in [7, 11) is 0. The maximum absolute atomic E-state index is 3.31. The molecule has 0 unspecified atom stereocenters.